The molecule has 0 aliphatic carbocycles. The number of piperidine rings is 1. The average molecular weight is 339 g/mol. The van der Waals surface area contributed by atoms with Gasteiger partial charge in [0.1, 0.15) is 12.7 Å². The van der Waals surface area contributed by atoms with Gasteiger partial charge in [-0.05, 0) is 57.0 Å². The third kappa shape index (κ3) is 3.18. The SMILES string of the molecule is CN1CCCC12CCN(C(=O)Cc1ccc(-n3cnnc3)cc1)CC2. The standard InChI is InChI=1S/C19H25N5O/c1-22-10-2-7-19(22)8-11-23(12-9-19)18(25)13-16-3-5-17(6-4-16)24-14-20-21-15-24/h3-6,14-15H,2,7-13H2,1H3. The van der Waals surface area contributed by atoms with Crippen molar-refractivity contribution in [2.45, 2.75) is 37.6 Å². The van der Waals surface area contributed by atoms with Gasteiger partial charge < -0.3 is 9.80 Å². The Balaban J connectivity index is 1.35. The van der Waals surface area contributed by atoms with E-state index in [-0.39, 0.29) is 5.91 Å². The second kappa shape index (κ2) is 6.59. The van der Waals surface area contributed by atoms with Crippen LogP contribution < -0.4 is 0 Å². The molecule has 0 unspecified atom stereocenters. The summed E-state index contributed by atoms with van der Waals surface area (Å²) in [4.78, 5) is 17.2. The van der Waals surface area contributed by atoms with Crippen molar-refractivity contribution in [3.8, 4) is 5.69 Å². The van der Waals surface area contributed by atoms with Crippen molar-refractivity contribution in [3.05, 3.63) is 42.5 Å². The number of benzene rings is 1. The molecule has 1 amide bonds. The van der Waals surface area contributed by atoms with E-state index < -0.39 is 0 Å². The summed E-state index contributed by atoms with van der Waals surface area (Å²) in [5.74, 6) is 0.243. The molecule has 6 heteroatoms. The van der Waals surface area contributed by atoms with Crippen molar-refractivity contribution >= 4 is 5.91 Å². The van der Waals surface area contributed by atoms with E-state index in [9.17, 15) is 4.79 Å². The maximum atomic E-state index is 12.7. The molecule has 1 aromatic heterocycles. The van der Waals surface area contributed by atoms with Gasteiger partial charge in [0.2, 0.25) is 5.91 Å². The lowest BCUT2D eigenvalue weighted by molar-refractivity contribution is -0.132. The Morgan fingerprint density at radius 1 is 1.04 bits per heavy atom. The van der Waals surface area contributed by atoms with E-state index in [1.807, 2.05) is 33.7 Å². The summed E-state index contributed by atoms with van der Waals surface area (Å²) < 4.78 is 1.85. The number of likely N-dealkylation sites (tertiary alicyclic amines) is 2. The third-order valence-corrected chi connectivity index (χ3v) is 6.00. The molecule has 2 aliphatic heterocycles. The molecule has 2 aliphatic rings. The lowest BCUT2D eigenvalue weighted by Gasteiger charge is -2.43. The molecular formula is C19H25N5O. The van der Waals surface area contributed by atoms with Crippen molar-refractivity contribution in [1.29, 1.82) is 0 Å². The van der Waals surface area contributed by atoms with Gasteiger partial charge in [-0.3, -0.25) is 9.36 Å². The van der Waals surface area contributed by atoms with Gasteiger partial charge in [-0.25, -0.2) is 0 Å². The predicted molar refractivity (Wildman–Crippen MR) is 95.5 cm³/mol. The number of rotatable bonds is 3. The van der Waals surface area contributed by atoms with Crippen molar-refractivity contribution in [1.82, 2.24) is 24.6 Å². The highest BCUT2D eigenvalue weighted by molar-refractivity contribution is 5.79. The molecule has 25 heavy (non-hydrogen) atoms. The van der Waals surface area contributed by atoms with E-state index in [1.54, 1.807) is 12.7 Å². The van der Waals surface area contributed by atoms with E-state index in [2.05, 4.69) is 22.1 Å². The van der Waals surface area contributed by atoms with Gasteiger partial charge in [0.25, 0.3) is 0 Å². The summed E-state index contributed by atoms with van der Waals surface area (Å²) in [5, 5.41) is 7.63. The fourth-order valence-corrected chi connectivity index (χ4v) is 4.28. The molecule has 2 aromatic rings. The molecule has 2 saturated heterocycles. The summed E-state index contributed by atoms with van der Waals surface area (Å²) in [6.07, 6.45) is 8.63. The van der Waals surface area contributed by atoms with E-state index in [0.717, 1.165) is 37.2 Å². The van der Waals surface area contributed by atoms with Crippen molar-refractivity contribution in [2.75, 3.05) is 26.7 Å². The lowest BCUT2D eigenvalue weighted by Crippen LogP contribution is -2.52. The first-order chi connectivity index (χ1) is 12.2. The van der Waals surface area contributed by atoms with Crippen LogP contribution >= 0.6 is 0 Å². The highest BCUT2D eigenvalue weighted by atomic mass is 16.2. The third-order valence-electron chi connectivity index (χ3n) is 6.00. The number of hydrogen-bond donors (Lipinski definition) is 0. The van der Waals surface area contributed by atoms with E-state index in [1.165, 1.54) is 19.4 Å². The summed E-state index contributed by atoms with van der Waals surface area (Å²) in [6.45, 7) is 2.98. The van der Waals surface area contributed by atoms with Crippen molar-refractivity contribution in [2.24, 2.45) is 0 Å². The van der Waals surface area contributed by atoms with E-state index in [4.69, 9.17) is 0 Å². The van der Waals surface area contributed by atoms with Gasteiger partial charge in [0.15, 0.2) is 0 Å². The van der Waals surface area contributed by atoms with Crippen LogP contribution in [0.25, 0.3) is 5.69 Å². The minimum absolute atomic E-state index is 0.243. The first-order valence-corrected chi connectivity index (χ1v) is 9.09. The normalized spacial score (nSPS) is 20.3. The summed E-state index contributed by atoms with van der Waals surface area (Å²) in [7, 11) is 2.24. The average Bonchev–Trinajstić information content (AvgIpc) is 3.28. The molecule has 0 atom stereocenters. The quantitative estimate of drug-likeness (QED) is 0.857. The molecule has 1 aromatic carbocycles. The number of carbonyl (C=O) groups excluding carboxylic acids is 1. The topological polar surface area (TPSA) is 54.3 Å². The number of amides is 1. The second-order valence-electron chi connectivity index (χ2n) is 7.34. The molecular weight excluding hydrogens is 314 g/mol. The Kier molecular flexibility index (Phi) is 4.29. The molecule has 1 spiro atoms. The maximum absolute atomic E-state index is 12.7. The number of carbonyl (C=O) groups is 1. The number of aromatic nitrogens is 3. The fraction of sp³-hybridized carbons (Fsp3) is 0.526. The molecule has 132 valence electrons. The monoisotopic (exact) mass is 339 g/mol. The van der Waals surface area contributed by atoms with Gasteiger partial charge in [-0.1, -0.05) is 12.1 Å². The van der Waals surface area contributed by atoms with Crippen LogP contribution in [0, 0.1) is 0 Å². The van der Waals surface area contributed by atoms with Gasteiger partial charge in [0, 0.05) is 24.3 Å². The van der Waals surface area contributed by atoms with Crippen LogP contribution in [0.3, 0.4) is 0 Å². The Bertz CT molecular complexity index is 717. The lowest BCUT2D eigenvalue weighted by atomic mass is 9.85. The predicted octanol–water partition coefficient (Wildman–Crippen LogP) is 1.90. The van der Waals surface area contributed by atoms with Gasteiger partial charge in [-0.2, -0.15) is 0 Å². The molecule has 0 bridgehead atoms. The molecule has 0 radical (unpaired) electrons. The van der Waals surface area contributed by atoms with Crippen molar-refractivity contribution < 1.29 is 4.79 Å². The van der Waals surface area contributed by atoms with Gasteiger partial charge in [0.05, 0.1) is 6.42 Å². The highest BCUT2D eigenvalue weighted by Gasteiger charge is 2.41. The van der Waals surface area contributed by atoms with Crippen molar-refractivity contribution in [3.63, 3.8) is 0 Å². The first kappa shape index (κ1) is 16.3. The van der Waals surface area contributed by atoms with E-state index in [0.29, 0.717) is 12.0 Å². The van der Waals surface area contributed by atoms with Crippen LogP contribution in [-0.4, -0.2) is 62.7 Å². The molecule has 0 N–H and O–H groups in total. The highest BCUT2D eigenvalue weighted by Crippen LogP contribution is 2.37. The van der Waals surface area contributed by atoms with Crippen LogP contribution in [0.4, 0.5) is 0 Å². The fourth-order valence-electron chi connectivity index (χ4n) is 4.28. The first-order valence-electron chi connectivity index (χ1n) is 9.09. The molecule has 4 rings (SSSR count). The Morgan fingerprint density at radius 2 is 1.72 bits per heavy atom. The van der Waals surface area contributed by atoms with Gasteiger partial charge in [-0.15, -0.1) is 10.2 Å². The molecule has 0 saturated carbocycles. The maximum Gasteiger partial charge on any atom is 0.226 e. The molecule has 6 nitrogen and oxygen atoms in total. The molecule has 2 fully saturated rings. The van der Waals surface area contributed by atoms with E-state index >= 15 is 0 Å². The number of hydrogen-bond acceptors (Lipinski definition) is 4. The minimum Gasteiger partial charge on any atom is -0.342 e. The summed E-state index contributed by atoms with van der Waals surface area (Å²) in [5.41, 5.74) is 2.42. The van der Waals surface area contributed by atoms with Crippen LogP contribution in [0.5, 0.6) is 0 Å². The zero-order chi connectivity index (χ0) is 17.3. The number of nitrogens with zero attached hydrogens (tertiary/aromatic N) is 5. The van der Waals surface area contributed by atoms with Crippen LogP contribution in [-0.2, 0) is 11.2 Å². The summed E-state index contributed by atoms with van der Waals surface area (Å²) in [6, 6.07) is 8.04. The zero-order valence-electron chi connectivity index (χ0n) is 14.8. The smallest absolute Gasteiger partial charge is 0.226 e. The summed E-state index contributed by atoms with van der Waals surface area (Å²) >= 11 is 0. The van der Waals surface area contributed by atoms with Crippen LogP contribution in [0.15, 0.2) is 36.9 Å². The Morgan fingerprint density at radius 3 is 2.32 bits per heavy atom. The molecule has 3 heterocycles. The second-order valence-corrected chi connectivity index (χ2v) is 7.34. The van der Waals surface area contributed by atoms with Crippen LogP contribution in [0.2, 0.25) is 0 Å². The largest absolute Gasteiger partial charge is 0.342 e. The van der Waals surface area contributed by atoms with Gasteiger partial charge >= 0.3 is 0 Å². The van der Waals surface area contributed by atoms with Crippen LogP contribution in [0.1, 0.15) is 31.2 Å². The Hall–Kier alpha value is -2.21. The Labute approximate surface area is 148 Å². The zero-order valence-corrected chi connectivity index (χ0v) is 14.8. The minimum atomic E-state index is 0.243.